The van der Waals surface area contributed by atoms with Crippen LogP contribution in [0.4, 0.5) is 0 Å². The topological polar surface area (TPSA) is 40.6 Å². The van der Waals surface area contributed by atoms with E-state index in [9.17, 15) is 9.59 Å². The molecule has 1 aromatic carbocycles. The Morgan fingerprint density at radius 2 is 1.75 bits per heavy atom. The molecule has 0 aromatic heterocycles. The molecule has 2 heterocycles. The van der Waals surface area contributed by atoms with E-state index < -0.39 is 0 Å². The maximum atomic E-state index is 12.6. The van der Waals surface area contributed by atoms with Crippen molar-refractivity contribution >= 4 is 11.8 Å². The SMILES string of the molecule is CCC(CC)C(=O)N1C[C@H]2CN(Cc3ccccc3)C(=O)C[C@H]2C1. The number of hydrogen-bond acceptors (Lipinski definition) is 2. The van der Waals surface area contributed by atoms with Crippen molar-refractivity contribution in [3.05, 3.63) is 35.9 Å². The summed E-state index contributed by atoms with van der Waals surface area (Å²) in [6, 6.07) is 10.2. The lowest BCUT2D eigenvalue weighted by Gasteiger charge is -2.34. The van der Waals surface area contributed by atoms with Crippen LogP contribution in [0.5, 0.6) is 0 Å². The molecule has 0 radical (unpaired) electrons. The van der Waals surface area contributed by atoms with Crippen LogP contribution in [-0.2, 0) is 16.1 Å². The Labute approximate surface area is 144 Å². The Hall–Kier alpha value is -1.84. The van der Waals surface area contributed by atoms with Crippen molar-refractivity contribution in [1.82, 2.24) is 9.80 Å². The molecule has 3 rings (SSSR count). The molecule has 24 heavy (non-hydrogen) atoms. The molecule has 0 spiro atoms. The van der Waals surface area contributed by atoms with Gasteiger partial charge in [0.15, 0.2) is 0 Å². The van der Waals surface area contributed by atoms with Crippen LogP contribution in [0.15, 0.2) is 30.3 Å². The van der Waals surface area contributed by atoms with Crippen LogP contribution in [0, 0.1) is 17.8 Å². The fourth-order valence-corrected chi connectivity index (χ4v) is 4.15. The number of hydrogen-bond donors (Lipinski definition) is 0. The molecule has 2 atom stereocenters. The van der Waals surface area contributed by atoms with Crippen molar-refractivity contribution in [3.63, 3.8) is 0 Å². The van der Waals surface area contributed by atoms with Crippen LogP contribution < -0.4 is 0 Å². The molecule has 2 amide bonds. The summed E-state index contributed by atoms with van der Waals surface area (Å²) in [5, 5.41) is 0. The van der Waals surface area contributed by atoms with Gasteiger partial charge in [-0.05, 0) is 30.2 Å². The molecule has 0 aliphatic carbocycles. The quantitative estimate of drug-likeness (QED) is 0.834. The van der Waals surface area contributed by atoms with Gasteiger partial charge < -0.3 is 9.80 Å². The summed E-state index contributed by atoms with van der Waals surface area (Å²) in [6.45, 7) is 7.22. The third-order valence-corrected chi connectivity index (χ3v) is 5.68. The number of carbonyl (C=O) groups is 2. The smallest absolute Gasteiger partial charge is 0.225 e. The molecule has 0 saturated carbocycles. The maximum Gasteiger partial charge on any atom is 0.225 e. The number of rotatable bonds is 5. The van der Waals surface area contributed by atoms with Crippen molar-refractivity contribution in [2.75, 3.05) is 19.6 Å². The fourth-order valence-electron chi connectivity index (χ4n) is 4.15. The van der Waals surface area contributed by atoms with E-state index in [0.717, 1.165) is 32.5 Å². The summed E-state index contributed by atoms with van der Waals surface area (Å²) in [6.07, 6.45) is 2.39. The number of fused-ring (bicyclic) bond motifs is 1. The van der Waals surface area contributed by atoms with Crippen molar-refractivity contribution in [2.45, 2.75) is 39.7 Å². The molecule has 2 aliphatic rings. The van der Waals surface area contributed by atoms with E-state index in [1.54, 1.807) is 0 Å². The van der Waals surface area contributed by atoms with Gasteiger partial charge in [0, 0.05) is 38.5 Å². The number of amides is 2. The zero-order valence-electron chi connectivity index (χ0n) is 14.8. The molecular formula is C20H28N2O2. The first-order valence-corrected chi connectivity index (χ1v) is 9.22. The Balaban J connectivity index is 1.63. The molecular weight excluding hydrogens is 300 g/mol. The minimum atomic E-state index is 0.140. The van der Waals surface area contributed by atoms with E-state index in [4.69, 9.17) is 0 Å². The Kier molecular flexibility index (Phi) is 5.22. The van der Waals surface area contributed by atoms with Crippen molar-refractivity contribution in [1.29, 1.82) is 0 Å². The normalized spacial score (nSPS) is 23.7. The van der Waals surface area contributed by atoms with Gasteiger partial charge in [-0.1, -0.05) is 44.2 Å². The first-order valence-electron chi connectivity index (χ1n) is 9.22. The lowest BCUT2D eigenvalue weighted by atomic mass is 9.88. The molecule has 1 aromatic rings. The molecule has 130 valence electrons. The standard InChI is InChI=1S/C20H28N2O2/c1-3-16(4-2)20(24)22-12-17-10-19(23)21(13-18(17)14-22)11-15-8-6-5-7-9-15/h5-9,16-18H,3-4,10-14H2,1-2H3/t17-,18+/m0/s1. The Morgan fingerprint density at radius 3 is 2.42 bits per heavy atom. The van der Waals surface area contributed by atoms with Crippen LogP contribution in [0.25, 0.3) is 0 Å². The second-order valence-corrected chi connectivity index (χ2v) is 7.24. The zero-order valence-corrected chi connectivity index (χ0v) is 14.8. The van der Waals surface area contributed by atoms with Gasteiger partial charge in [0.25, 0.3) is 0 Å². The van der Waals surface area contributed by atoms with Crippen molar-refractivity contribution in [3.8, 4) is 0 Å². The third kappa shape index (κ3) is 3.47. The van der Waals surface area contributed by atoms with E-state index in [1.165, 1.54) is 5.56 Å². The van der Waals surface area contributed by atoms with Gasteiger partial charge in [-0.25, -0.2) is 0 Å². The molecule has 2 aliphatic heterocycles. The highest BCUT2D eigenvalue weighted by molar-refractivity contribution is 5.80. The van der Waals surface area contributed by atoms with Crippen molar-refractivity contribution < 1.29 is 9.59 Å². The number of nitrogens with zero attached hydrogens (tertiary/aromatic N) is 2. The monoisotopic (exact) mass is 328 g/mol. The van der Waals surface area contributed by atoms with E-state index >= 15 is 0 Å². The second-order valence-electron chi connectivity index (χ2n) is 7.24. The highest BCUT2D eigenvalue weighted by atomic mass is 16.2. The molecule has 2 fully saturated rings. The molecule has 0 N–H and O–H groups in total. The van der Waals surface area contributed by atoms with Gasteiger partial charge in [-0.3, -0.25) is 9.59 Å². The van der Waals surface area contributed by atoms with Gasteiger partial charge in [0.2, 0.25) is 11.8 Å². The molecule has 4 heteroatoms. The van der Waals surface area contributed by atoms with Crippen LogP contribution in [-0.4, -0.2) is 41.2 Å². The largest absolute Gasteiger partial charge is 0.342 e. The average molecular weight is 328 g/mol. The van der Waals surface area contributed by atoms with E-state index in [1.807, 2.05) is 28.0 Å². The van der Waals surface area contributed by atoms with E-state index in [0.29, 0.717) is 24.8 Å². The summed E-state index contributed by atoms with van der Waals surface area (Å²) in [5.74, 6) is 1.45. The van der Waals surface area contributed by atoms with Crippen LogP contribution in [0.3, 0.4) is 0 Å². The molecule has 2 saturated heterocycles. The summed E-state index contributed by atoms with van der Waals surface area (Å²) >= 11 is 0. The lowest BCUT2D eigenvalue weighted by molar-refractivity contribution is -0.137. The van der Waals surface area contributed by atoms with Gasteiger partial charge >= 0.3 is 0 Å². The van der Waals surface area contributed by atoms with Gasteiger partial charge in [0.05, 0.1) is 0 Å². The summed E-state index contributed by atoms with van der Waals surface area (Å²) < 4.78 is 0. The third-order valence-electron chi connectivity index (χ3n) is 5.68. The summed E-state index contributed by atoms with van der Waals surface area (Å²) in [5.41, 5.74) is 1.17. The first-order chi connectivity index (χ1) is 11.6. The number of benzene rings is 1. The minimum Gasteiger partial charge on any atom is -0.342 e. The highest BCUT2D eigenvalue weighted by Crippen LogP contribution is 2.33. The van der Waals surface area contributed by atoms with Crippen LogP contribution in [0.2, 0.25) is 0 Å². The number of likely N-dealkylation sites (tertiary alicyclic amines) is 2. The lowest BCUT2D eigenvalue weighted by Crippen LogP contribution is -2.43. The van der Waals surface area contributed by atoms with Crippen LogP contribution >= 0.6 is 0 Å². The van der Waals surface area contributed by atoms with E-state index in [-0.39, 0.29) is 17.7 Å². The Morgan fingerprint density at radius 1 is 1.08 bits per heavy atom. The van der Waals surface area contributed by atoms with Crippen molar-refractivity contribution in [2.24, 2.45) is 17.8 Å². The summed E-state index contributed by atoms with van der Waals surface area (Å²) in [7, 11) is 0. The fraction of sp³-hybridized carbons (Fsp3) is 0.600. The first kappa shape index (κ1) is 17.0. The second kappa shape index (κ2) is 7.37. The van der Waals surface area contributed by atoms with E-state index in [2.05, 4.69) is 26.0 Å². The van der Waals surface area contributed by atoms with Crippen LogP contribution in [0.1, 0.15) is 38.7 Å². The molecule has 0 unspecified atom stereocenters. The number of carbonyl (C=O) groups excluding carboxylic acids is 2. The highest BCUT2D eigenvalue weighted by Gasteiger charge is 2.42. The zero-order chi connectivity index (χ0) is 17.1. The van der Waals surface area contributed by atoms with Gasteiger partial charge in [0.1, 0.15) is 0 Å². The van der Waals surface area contributed by atoms with Gasteiger partial charge in [-0.15, -0.1) is 0 Å². The maximum absolute atomic E-state index is 12.6. The predicted octanol–water partition coefficient (Wildman–Crippen LogP) is 2.93. The predicted molar refractivity (Wildman–Crippen MR) is 94.1 cm³/mol. The Bertz CT molecular complexity index is 583. The number of piperidine rings is 1. The summed E-state index contributed by atoms with van der Waals surface area (Å²) in [4.78, 5) is 29.1. The molecule has 4 nitrogen and oxygen atoms in total. The van der Waals surface area contributed by atoms with Gasteiger partial charge in [-0.2, -0.15) is 0 Å². The minimum absolute atomic E-state index is 0.140. The molecule has 0 bridgehead atoms. The average Bonchev–Trinajstić information content (AvgIpc) is 3.00.